The van der Waals surface area contributed by atoms with Crippen molar-refractivity contribution in [3.63, 3.8) is 0 Å². The van der Waals surface area contributed by atoms with E-state index < -0.39 is 11.6 Å². The van der Waals surface area contributed by atoms with Crippen molar-refractivity contribution in [2.75, 3.05) is 0 Å². The smallest absolute Gasteiger partial charge is 0.261 e. The van der Waals surface area contributed by atoms with Gasteiger partial charge >= 0.3 is 0 Å². The molecule has 4 nitrogen and oxygen atoms in total. The van der Waals surface area contributed by atoms with Crippen LogP contribution >= 0.6 is 0 Å². The Morgan fingerprint density at radius 2 is 1.89 bits per heavy atom. The van der Waals surface area contributed by atoms with E-state index in [1.807, 2.05) is 6.07 Å². The molecule has 0 fully saturated rings. The minimum Gasteiger partial charge on any atom is -0.391 e. The number of aliphatic hydroxyl groups is 1. The van der Waals surface area contributed by atoms with Crippen LogP contribution in [-0.2, 0) is 11.2 Å². The Hall–Kier alpha value is -1.68. The van der Waals surface area contributed by atoms with E-state index in [0.717, 1.165) is 5.56 Å². The van der Waals surface area contributed by atoms with Gasteiger partial charge in [0.05, 0.1) is 18.1 Å². The van der Waals surface area contributed by atoms with Crippen LogP contribution in [0.1, 0.15) is 36.7 Å². The van der Waals surface area contributed by atoms with Crippen LogP contribution in [0.15, 0.2) is 24.3 Å². The zero-order chi connectivity index (χ0) is 13.5. The second-order valence-electron chi connectivity index (χ2n) is 5.20. The Morgan fingerprint density at radius 1 is 1.28 bits per heavy atom. The highest BCUT2D eigenvalue weighted by atomic mass is 16.3. The fourth-order valence-electron chi connectivity index (χ4n) is 2.13. The highest BCUT2D eigenvalue weighted by molar-refractivity contribution is 6.10. The van der Waals surface area contributed by atoms with E-state index in [2.05, 4.69) is 0 Å². The molecular weight excluding hydrogens is 230 g/mol. The topological polar surface area (TPSA) is 57.6 Å². The van der Waals surface area contributed by atoms with Gasteiger partial charge < -0.3 is 5.11 Å². The maximum atomic E-state index is 12.4. The molecule has 1 heterocycles. The molecule has 2 amide bonds. The van der Waals surface area contributed by atoms with Crippen LogP contribution in [0.3, 0.4) is 0 Å². The lowest BCUT2D eigenvalue weighted by Gasteiger charge is -2.41. The number of nitrogens with zero attached hydrogens (tertiary/aromatic N) is 1. The second kappa shape index (κ2) is 4.21. The molecule has 1 aliphatic rings. The van der Waals surface area contributed by atoms with Crippen LogP contribution in [0, 0.1) is 0 Å². The number of amides is 2. The summed E-state index contributed by atoms with van der Waals surface area (Å²) < 4.78 is 0. The zero-order valence-corrected chi connectivity index (χ0v) is 10.8. The highest BCUT2D eigenvalue weighted by Gasteiger charge is 2.42. The van der Waals surface area contributed by atoms with Crippen molar-refractivity contribution in [3.8, 4) is 0 Å². The Bertz CT molecular complexity index is 506. The van der Waals surface area contributed by atoms with Crippen molar-refractivity contribution in [2.24, 2.45) is 0 Å². The summed E-state index contributed by atoms with van der Waals surface area (Å²) in [6.45, 7) is 4.98. The number of hydrogen-bond acceptors (Lipinski definition) is 3. The molecule has 1 unspecified atom stereocenters. The van der Waals surface area contributed by atoms with Gasteiger partial charge in [-0.1, -0.05) is 18.2 Å². The molecule has 96 valence electrons. The van der Waals surface area contributed by atoms with Gasteiger partial charge in [-0.25, -0.2) is 0 Å². The minimum atomic E-state index is -0.901. The third-order valence-electron chi connectivity index (χ3n) is 3.64. The van der Waals surface area contributed by atoms with Crippen LogP contribution in [0.5, 0.6) is 0 Å². The van der Waals surface area contributed by atoms with Crippen LogP contribution in [0.25, 0.3) is 0 Å². The first-order chi connectivity index (χ1) is 8.35. The minimum absolute atomic E-state index is 0.206. The van der Waals surface area contributed by atoms with E-state index >= 15 is 0 Å². The Balaban J connectivity index is 2.48. The number of rotatable bonds is 2. The Kier molecular flexibility index (Phi) is 2.99. The van der Waals surface area contributed by atoms with Gasteiger partial charge in [0.1, 0.15) is 0 Å². The largest absolute Gasteiger partial charge is 0.391 e. The first kappa shape index (κ1) is 12.8. The molecule has 4 heteroatoms. The summed E-state index contributed by atoms with van der Waals surface area (Å²) in [4.78, 5) is 25.7. The Labute approximate surface area is 106 Å². The first-order valence-electron chi connectivity index (χ1n) is 5.99. The number of fused-ring (bicyclic) bond motifs is 1. The number of benzene rings is 1. The number of imide groups is 1. The maximum absolute atomic E-state index is 12.4. The van der Waals surface area contributed by atoms with Gasteiger partial charge in [-0.3, -0.25) is 14.5 Å². The fraction of sp³-hybridized carbons (Fsp3) is 0.429. The molecule has 2 rings (SSSR count). The van der Waals surface area contributed by atoms with E-state index in [0.29, 0.717) is 5.56 Å². The van der Waals surface area contributed by atoms with Gasteiger partial charge in [0.2, 0.25) is 5.91 Å². The quantitative estimate of drug-likeness (QED) is 0.803. The molecule has 1 aromatic carbocycles. The van der Waals surface area contributed by atoms with Crippen LogP contribution < -0.4 is 0 Å². The predicted molar refractivity (Wildman–Crippen MR) is 67.1 cm³/mol. The van der Waals surface area contributed by atoms with Gasteiger partial charge in [0, 0.05) is 5.56 Å². The van der Waals surface area contributed by atoms with Crippen molar-refractivity contribution in [1.82, 2.24) is 4.90 Å². The summed E-state index contributed by atoms with van der Waals surface area (Å²) in [5.74, 6) is -0.586. The third kappa shape index (κ3) is 1.82. The van der Waals surface area contributed by atoms with E-state index in [4.69, 9.17) is 0 Å². The molecule has 1 atom stereocenters. The first-order valence-corrected chi connectivity index (χ1v) is 5.99. The lowest BCUT2D eigenvalue weighted by Crippen LogP contribution is -2.58. The lowest BCUT2D eigenvalue weighted by molar-refractivity contribution is -0.136. The molecule has 0 saturated carbocycles. The number of carbonyl (C=O) groups excluding carboxylic acids is 2. The molecule has 0 radical (unpaired) electrons. The highest BCUT2D eigenvalue weighted by Crippen LogP contribution is 2.28. The molecule has 1 aliphatic heterocycles. The summed E-state index contributed by atoms with van der Waals surface area (Å²) in [5, 5.41) is 9.77. The van der Waals surface area contributed by atoms with E-state index in [9.17, 15) is 14.7 Å². The average molecular weight is 247 g/mol. The zero-order valence-electron chi connectivity index (χ0n) is 10.8. The van der Waals surface area contributed by atoms with Gasteiger partial charge in [-0.05, 0) is 32.4 Å². The molecule has 0 spiro atoms. The number of hydrogen-bond donors (Lipinski definition) is 1. The molecule has 0 aliphatic carbocycles. The Morgan fingerprint density at radius 3 is 2.50 bits per heavy atom. The van der Waals surface area contributed by atoms with E-state index in [1.165, 1.54) is 4.90 Å². The van der Waals surface area contributed by atoms with Gasteiger partial charge in [0.15, 0.2) is 0 Å². The SMILES string of the molecule is CC(O)C(C)(C)N1C(=O)Cc2ccccc2C1=O. The maximum Gasteiger partial charge on any atom is 0.261 e. The summed E-state index contributed by atoms with van der Waals surface area (Å²) in [7, 11) is 0. The molecule has 1 N–H and O–H groups in total. The average Bonchev–Trinajstić information content (AvgIpc) is 2.28. The van der Waals surface area contributed by atoms with E-state index in [-0.39, 0.29) is 18.2 Å². The molecule has 0 bridgehead atoms. The van der Waals surface area contributed by atoms with Crippen molar-refractivity contribution in [2.45, 2.75) is 38.8 Å². The number of aliphatic hydroxyl groups excluding tert-OH is 1. The van der Waals surface area contributed by atoms with Crippen molar-refractivity contribution in [3.05, 3.63) is 35.4 Å². The summed E-state index contributed by atoms with van der Waals surface area (Å²) >= 11 is 0. The van der Waals surface area contributed by atoms with Crippen molar-refractivity contribution < 1.29 is 14.7 Å². The van der Waals surface area contributed by atoms with Crippen LogP contribution in [-0.4, -0.2) is 33.5 Å². The molecule has 18 heavy (non-hydrogen) atoms. The van der Waals surface area contributed by atoms with Crippen LogP contribution in [0.4, 0.5) is 0 Å². The van der Waals surface area contributed by atoms with E-state index in [1.54, 1.807) is 39.0 Å². The normalized spacial score (nSPS) is 17.7. The molecule has 0 saturated heterocycles. The predicted octanol–water partition coefficient (Wildman–Crippen LogP) is 1.37. The van der Waals surface area contributed by atoms with Crippen molar-refractivity contribution in [1.29, 1.82) is 0 Å². The summed E-state index contributed by atoms with van der Waals surface area (Å²) in [6, 6.07) is 7.10. The van der Waals surface area contributed by atoms with Crippen molar-refractivity contribution >= 4 is 11.8 Å². The molecule has 0 aromatic heterocycles. The second-order valence-corrected chi connectivity index (χ2v) is 5.20. The molecule has 1 aromatic rings. The summed E-state index contributed by atoms with van der Waals surface area (Å²) in [5.41, 5.74) is 0.401. The fourth-order valence-corrected chi connectivity index (χ4v) is 2.13. The van der Waals surface area contributed by atoms with Gasteiger partial charge in [-0.15, -0.1) is 0 Å². The third-order valence-corrected chi connectivity index (χ3v) is 3.64. The number of carbonyl (C=O) groups is 2. The monoisotopic (exact) mass is 247 g/mol. The van der Waals surface area contributed by atoms with Gasteiger partial charge in [0.25, 0.3) is 5.91 Å². The molecular formula is C14H17NO3. The lowest BCUT2D eigenvalue weighted by atomic mass is 9.90. The standard InChI is InChI=1S/C14H17NO3/c1-9(16)14(2,3)15-12(17)8-10-6-4-5-7-11(10)13(15)18/h4-7,9,16H,8H2,1-3H3. The van der Waals surface area contributed by atoms with Gasteiger partial charge in [-0.2, -0.15) is 0 Å². The van der Waals surface area contributed by atoms with Crippen LogP contribution in [0.2, 0.25) is 0 Å². The summed E-state index contributed by atoms with van der Waals surface area (Å²) in [6.07, 6.45) is -0.575.